The molecule has 0 aromatic rings. The van der Waals surface area contributed by atoms with Gasteiger partial charge in [-0.05, 0) is 161 Å². The maximum atomic E-state index is 13.1. The van der Waals surface area contributed by atoms with Gasteiger partial charge in [0.25, 0.3) is 0 Å². The van der Waals surface area contributed by atoms with Crippen molar-refractivity contribution >= 4 is 33.6 Å². The van der Waals surface area contributed by atoms with Crippen LogP contribution in [0.25, 0.3) is 0 Å². The van der Waals surface area contributed by atoms with E-state index in [0.29, 0.717) is 19.3 Å². The number of carbonyl (C=O) groups is 3. The van der Waals surface area contributed by atoms with E-state index in [-0.39, 0.29) is 19.3 Å². The lowest BCUT2D eigenvalue weighted by molar-refractivity contribution is -0.161. The van der Waals surface area contributed by atoms with Gasteiger partial charge in [-0.3, -0.25) is 32.5 Å². The van der Waals surface area contributed by atoms with E-state index in [1.54, 1.807) is 0 Å². The Balaban J connectivity index is 4.62. The van der Waals surface area contributed by atoms with E-state index in [4.69, 9.17) is 32.3 Å². The van der Waals surface area contributed by atoms with E-state index in [9.17, 15) is 43.5 Å². The fraction of sp³-hybridized carbons (Fsp3) is 0.705. The number of ether oxygens (including phenoxy) is 3. The maximum absolute atomic E-state index is 13.1. The molecule has 0 radical (unpaired) electrons. The molecule has 0 saturated heterocycles. The minimum Gasteiger partial charge on any atom is -0.463 e. The lowest BCUT2D eigenvalue weighted by Crippen LogP contribution is -2.30. The van der Waals surface area contributed by atoms with Crippen molar-refractivity contribution in [3.8, 4) is 0 Å². The molecule has 706 valence electrons. The highest BCUT2D eigenvalue weighted by atomic mass is 31.2. The molecule has 0 spiro atoms. The molecular weight excluding hydrogens is 1580 g/mol. The molecule has 0 aromatic carbocycles. The Kier molecular flexibility index (Phi) is 92.0. The number of unbranched alkanes of at least 4 members (excludes halogenated alkanes) is 42. The van der Waals surface area contributed by atoms with E-state index >= 15 is 0 Å². The number of phosphoric ester groups is 2. The Morgan fingerprint density at radius 3 is 0.683 bits per heavy atom. The van der Waals surface area contributed by atoms with Crippen LogP contribution < -0.4 is 0 Å². The van der Waals surface area contributed by atoms with Crippen LogP contribution in [0.2, 0.25) is 0 Å². The first kappa shape index (κ1) is 118. The molecule has 0 fully saturated rings. The smallest absolute Gasteiger partial charge is 0.463 e. The van der Waals surface area contributed by atoms with Gasteiger partial charge < -0.3 is 34.2 Å². The van der Waals surface area contributed by atoms with Crippen LogP contribution >= 0.6 is 15.6 Å². The van der Waals surface area contributed by atoms with Crippen molar-refractivity contribution in [2.75, 3.05) is 39.6 Å². The highest BCUT2D eigenvalue weighted by Gasteiger charge is 2.30. The van der Waals surface area contributed by atoms with Crippen LogP contribution in [0.3, 0.4) is 0 Å². The Hall–Kier alpha value is -5.09. The standard InChI is InChI=1S/C105H180O16P2/c1-4-7-10-13-16-19-22-25-28-31-34-37-40-43-46-47-48-49-50-51-54-56-58-61-64-67-70-73-76-79-82-85-88-91-103(108)115-94-100(106)95-117-122(111,112)118-96-101(107)97-119-123(113,114)120-99-102(121-105(110)93-90-87-84-81-78-75-72-69-66-63-60-57-53-45-42-39-36-33-30-27-24-21-18-15-12-9-6-3)98-116-104(109)92-89-86-83-80-77-74-71-68-65-62-59-55-52-44-41-38-35-32-29-26-23-20-17-14-11-8-5-2/h7,10,16-21,25-30,34-39,43-46,48-49,52-53,100-102,106-107H,4-6,8-9,11-15,22-24,31-33,40-42,47,50-51,54-99H2,1-3H3,(H,111,112)(H,113,114)/b10-7-,19-16-,20-17-,21-18-,28-25-,29-26-,30-27-,37-34-,38-35-,39-36-,46-43-,49-48-,52-44-,53-45-. The molecule has 0 aliphatic carbocycles. The molecular formula is C105H180O16P2. The number of esters is 3. The fourth-order valence-electron chi connectivity index (χ4n) is 13.4. The Morgan fingerprint density at radius 2 is 0.431 bits per heavy atom. The largest absolute Gasteiger partial charge is 0.472 e. The van der Waals surface area contributed by atoms with E-state index < -0.39 is 91.5 Å². The average Bonchev–Trinajstić information content (AvgIpc) is 0.892. The third kappa shape index (κ3) is 97.4. The Bertz CT molecular complexity index is 2920. The molecule has 123 heavy (non-hydrogen) atoms. The van der Waals surface area contributed by atoms with E-state index in [2.05, 4.69) is 191 Å². The van der Waals surface area contributed by atoms with Gasteiger partial charge in [0, 0.05) is 19.3 Å². The molecule has 0 bridgehead atoms. The highest BCUT2D eigenvalue weighted by molar-refractivity contribution is 7.47. The predicted octanol–water partition coefficient (Wildman–Crippen LogP) is 31.0. The predicted molar refractivity (Wildman–Crippen MR) is 519 cm³/mol. The number of aliphatic hydroxyl groups is 2. The summed E-state index contributed by atoms with van der Waals surface area (Å²) in [6, 6.07) is 0. The maximum Gasteiger partial charge on any atom is 0.472 e. The van der Waals surface area contributed by atoms with Crippen LogP contribution in [0.15, 0.2) is 170 Å². The summed E-state index contributed by atoms with van der Waals surface area (Å²) in [5, 5.41) is 20.8. The molecule has 0 aliphatic rings. The Morgan fingerprint density at radius 1 is 0.236 bits per heavy atom. The van der Waals surface area contributed by atoms with Gasteiger partial charge in [-0.25, -0.2) is 9.13 Å². The first-order chi connectivity index (χ1) is 60.2. The summed E-state index contributed by atoms with van der Waals surface area (Å²) >= 11 is 0. The second kappa shape index (κ2) is 96.0. The summed E-state index contributed by atoms with van der Waals surface area (Å²) in [7, 11) is -9.82. The first-order valence-electron chi connectivity index (χ1n) is 49.4. The van der Waals surface area contributed by atoms with Crippen LogP contribution in [-0.4, -0.2) is 95.9 Å². The van der Waals surface area contributed by atoms with Crippen molar-refractivity contribution in [2.24, 2.45) is 0 Å². The minimum absolute atomic E-state index is 0.0969. The van der Waals surface area contributed by atoms with Crippen LogP contribution in [0, 0.1) is 0 Å². The molecule has 0 aromatic heterocycles. The van der Waals surface area contributed by atoms with Crippen molar-refractivity contribution < 1.29 is 75.8 Å². The van der Waals surface area contributed by atoms with Crippen molar-refractivity contribution in [3.05, 3.63) is 170 Å². The van der Waals surface area contributed by atoms with Gasteiger partial charge in [-0.15, -0.1) is 0 Å². The van der Waals surface area contributed by atoms with Gasteiger partial charge in [-0.2, -0.15) is 0 Å². The third-order valence-corrected chi connectivity index (χ3v) is 22.8. The van der Waals surface area contributed by atoms with Crippen LogP contribution in [-0.2, 0) is 55.8 Å². The summed E-state index contributed by atoms with van der Waals surface area (Å²) in [4.78, 5) is 59.2. The molecule has 0 saturated carbocycles. The second-order valence-corrected chi connectivity index (χ2v) is 35.7. The molecule has 5 atom stereocenters. The lowest BCUT2D eigenvalue weighted by atomic mass is 10.0. The van der Waals surface area contributed by atoms with Crippen molar-refractivity contribution in [1.29, 1.82) is 0 Å². The molecule has 0 rings (SSSR count). The summed E-state index contributed by atoms with van der Waals surface area (Å²) in [5.41, 5.74) is 0. The van der Waals surface area contributed by atoms with Crippen LogP contribution in [0.5, 0.6) is 0 Å². The number of hydrogen-bond acceptors (Lipinski definition) is 14. The van der Waals surface area contributed by atoms with Gasteiger partial charge in [0.15, 0.2) is 6.10 Å². The zero-order valence-electron chi connectivity index (χ0n) is 78.1. The van der Waals surface area contributed by atoms with Gasteiger partial charge in [-0.1, -0.05) is 409 Å². The Labute approximate surface area is 752 Å². The molecule has 4 N–H and O–H groups in total. The SMILES string of the molecule is CC/C=C\C/C=C\C/C=C\C/C=C\C/C=C\C/C=C\CCCCCCCCCCCCCCCCC(=O)OCC(O)COP(=O)(O)OCC(O)COP(=O)(O)OCC(COC(=O)CCCCCCCCCCCCC/C=C\C/C=C\C/C=C\C/C=C\CCCCC)OC(=O)CCCCCCCCCCCCC/C=C\C/C=C\C/C=C\C/C=C\CCCCC. The summed E-state index contributed by atoms with van der Waals surface area (Å²) in [6.45, 7) is 2.57. The second-order valence-electron chi connectivity index (χ2n) is 32.8. The fourth-order valence-corrected chi connectivity index (χ4v) is 15.0. The number of aliphatic hydroxyl groups excluding tert-OH is 2. The van der Waals surface area contributed by atoms with Gasteiger partial charge in [0.2, 0.25) is 0 Å². The lowest BCUT2D eigenvalue weighted by Gasteiger charge is -2.21. The van der Waals surface area contributed by atoms with Gasteiger partial charge in [0.05, 0.1) is 26.4 Å². The van der Waals surface area contributed by atoms with E-state index in [0.717, 1.165) is 167 Å². The molecule has 18 heteroatoms. The van der Waals surface area contributed by atoms with Crippen LogP contribution in [0.4, 0.5) is 0 Å². The van der Waals surface area contributed by atoms with Gasteiger partial charge in [0.1, 0.15) is 25.4 Å². The van der Waals surface area contributed by atoms with Gasteiger partial charge >= 0.3 is 33.6 Å². The highest BCUT2D eigenvalue weighted by Crippen LogP contribution is 2.45. The number of allylic oxidation sites excluding steroid dienone is 28. The van der Waals surface area contributed by atoms with Crippen molar-refractivity contribution in [3.63, 3.8) is 0 Å². The monoisotopic (exact) mass is 1760 g/mol. The normalized spacial score (nSPS) is 14.4. The van der Waals surface area contributed by atoms with Crippen molar-refractivity contribution in [1.82, 2.24) is 0 Å². The van der Waals surface area contributed by atoms with E-state index in [1.807, 2.05) is 0 Å². The summed E-state index contributed by atoms with van der Waals surface area (Å²) in [5.74, 6) is -1.57. The first-order valence-corrected chi connectivity index (χ1v) is 52.4. The molecule has 5 unspecified atom stereocenters. The van der Waals surface area contributed by atoms with E-state index in [1.165, 1.54) is 193 Å². The number of rotatable bonds is 93. The minimum atomic E-state index is -4.95. The van der Waals surface area contributed by atoms with Crippen LogP contribution in [0.1, 0.15) is 419 Å². The summed E-state index contributed by atoms with van der Waals surface area (Å²) < 4.78 is 61.6. The number of phosphoric acid groups is 2. The molecule has 0 aliphatic heterocycles. The molecule has 0 heterocycles. The number of hydrogen-bond donors (Lipinski definition) is 4. The topological polar surface area (TPSA) is 231 Å². The summed E-state index contributed by atoms with van der Waals surface area (Å²) in [6.07, 6.45) is 125. The molecule has 16 nitrogen and oxygen atoms in total. The van der Waals surface area contributed by atoms with Crippen molar-refractivity contribution in [2.45, 2.75) is 437 Å². The quantitative estimate of drug-likeness (QED) is 0.0146. The molecule has 0 amide bonds. The zero-order valence-corrected chi connectivity index (χ0v) is 79.9. The average molecular weight is 1760 g/mol. The number of carbonyl (C=O) groups excluding carboxylic acids is 3. The zero-order chi connectivity index (χ0) is 89.3. The third-order valence-electron chi connectivity index (χ3n) is 20.9.